The first-order chi connectivity index (χ1) is 13.3. The van der Waals surface area contributed by atoms with Crippen LogP contribution in [0.15, 0.2) is 42.7 Å². The summed E-state index contributed by atoms with van der Waals surface area (Å²) in [5.74, 6) is 0. The van der Waals surface area contributed by atoms with Crippen LogP contribution in [0.1, 0.15) is 36.9 Å². The molecule has 0 radical (unpaired) electrons. The fourth-order valence-corrected chi connectivity index (χ4v) is 4.78. The highest BCUT2D eigenvalue weighted by molar-refractivity contribution is 7.22. The zero-order valence-corrected chi connectivity index (χ0v) is 15.7. The van der Waals surface area contributed by atoms with Crippen LogP contribution in [0.5, 0.6) is 0 Å². The number of hydrogen-bond donors (Lipinski definition) is 2. The van der Waals surface area contributed by atoms with E-state index in [0.717, 1.165) is 58.8 Å². The summed E-state index contributed by atoms with van der Waals surface area (Å²) in [6.45, 7) is 0. The van der Waals surface area contributed by atoms with Crippen LogP contribution in [0.3, 0.4) is 0 Å². The van der Waals surface area contributed by atoms with Crippen LogP contribution in [0.2, 0.25) is 0 Å². The second kappa shape index (κ2) is 6.90. The summed E-state index contributed by atoms with van der Waals surface area (Å²) in [5, 5.41) is 18.9. The fraction of sp³-hybridized carbons (Fsp3) is 0.350. The first kappa shape index (κ1) is 16.6. The molecule has 3 heterocycles. The Morgan fingerprint density at radius 3 is 3.07 bits per heavy atom. The Hall–Kier alpha value is -2.51. The minimum Gasteiger partial charge on any atom is -0.391 e. The zero-order chi connectivity index (χ0) is 18.2. The molecule has 3 aromatic heterocycles. The third kappa shape index (κ3) is 3.28. The van der Waals surface area contributed by atoms with Gasteiger partial charge >= 0.3 is 0 Å². The van der Waals surface area contributed by atoms with Crippen LogP contribution in [0.4, 0.5) is 5.13 Å². The van der Waals surface area contributed by atoms with Crippen molar-refractivity contribution in [1.29, 1.82) is 0 Å². The molecule has 1 fully saturated rings. The number of nitrogens with zero attached hydrogens (tertiary/aromatic N) is 4. The maximum atomic E-state index is 10.2. The number of nitrogens with one attached hydrogen (secondary N) is 1. The number of benzene rings is 1. The second-order valence-corrected chi connectivity index (χ2v) is 8.17. The van der Waals surface area contributed by atoms with Crippen LogP contribution < -0.4 is 5.32 Å². The Bertz CT molecular complexity index is 1090. The Balaban J connectivity index is 1.39. The van der Waals surface area contributed by atoms with E-state index in [1.165, 1.54) is 5.56 Å². The lowest BCUT2D eigenvalue weighted by molar-refractivity contribution is 0.116. The average Bonchev–Trinajstić information content (AvgIpc) is 3.27. The van der Waals surface area contributed by atoms with E-state index in [1.807, 2.05) is 22.8 Å². The van der Waals surface area contributed by atoms with Crippen LogP contribution >= 0.6 is 11.3 Å². The predicted molar refractivity (Wildman–Crippen MR) is 107 cm³/mol. The Morgan fingerprint density at radius 1 is 1.22 bits per heavy atom. The summed E-state index contributed by atoms with van der Waals surface area (Å²) in [7, 11) is 0. The van der Waals surface area contributed by atoms with Gasteiger partial charge in [0.25, 0.3) is 0 Å². The fourth-order valence-electron chi connectivity index (χ4n) is 3.79. The molecule has 0 spiro atoms. The van der Waals surface area contributed by atoms with Gasteiger partial charge in [-0.15, -0.1) is 0 Å². The Labute approximate surface area is 160 Å². The van der Waals surface area contributed by atoms with E-state index >= 15 is 0 Å². The lowest BCUT2D eigenvalue weighted by atomic mass is 9.93. The van der Waals surface area contributed by atoms with E-state index in [0.29, 0.717) is 0 Å². The van der Waals surface area contributed by atoms with Crippen molar-refractivity contribution in [1.82, 2.24) is 19.6 Å². The molecule has 0 amide bonds. The maximum Gasteiger partial charge on any atom is 0.184 e. The SMILES string of the molecule is OC1CCCCC1Nc1nc2ccc(Cc3cnc4cccnn34)cc2s1. The van der Waals surface area contributed by atoms with Crippen molar-refractivity contribution in [3.8, 4) is 0 Å². The zero-order valence-electron chi connectivity index (χ0n) is 14.9. The Kier molecular flexibility index (Phi) is 4.26. The highest BCUT2D eigenvalue weighted by Crippen LogP contribution is 2.30. The van der Waals surface area contributed by atoms with E-state index in [9.17, 15) is 5.11 Å². The normalized spacial score (nSPS) is 20.3. The average molecular weight is 379 g/mol. The highest BCUT2D eigenvalue weighted by atomic mass is 32.1. The lowest BCUT2D eigenvalue weighted by Gasteiger charge is -2.27. The van der Waals surface area contributed by atoms with Crippen LogP contribution in [0.25, 0.3) is 15.9 Å². The van der Waals surface area contributed by atoms with Crippen molar-refractivity contribution in [3.05, 3.63) is 54.0 Å². The van der Waals surface area contributed by atoms with Gasteiger partial charge in [0.05, 0.1) is 34.3 Å². The molecule has 0 aliphatic heterocycles. The summed E-state index contributed by atoms with van der Waals surface area (Å²) in [4.78, 5) is 9.11. The van der Waals surface area contributed by atoms with Crippen molar-refractivity contribution in [2.45, 2.75) is 44.2 Å². The van der Waals surface area contributed by atoms with E-state index in [4.69, 9.17) is 4.98 Å². The largest absolute Gasteiger partial charge is 0.391 e. The second-order valence-electron chi connectivity index (χ2n) is 7.14. The molecule has 138 valence electrons. The quantitative estimate of drug-likeness (QED) is 0.566. The van der Waals surface area contributed by atoms with Gasteiger partial charge in [-0.25, -0.2) is 14.5 Å². The molecule has 2 N–H and O–H groups in total. The first-order valence-electron chi connectivity index (χ1n) is 9.38. The molecular weight excluding hydrogens is 358 g/mol. The molecule has 5 rings (SSSR count). The van der Waals surface area contributed by atoms with Gasteiger partial charge in [0, 0.05) is 12.6 Å². The molecular formula is C20H21N5OS. The van der Waals surface area contributed by atoms with E-state index in [1.54, 1.807) is 17.5 Å². The van der Waals surface area contributed by atoms with Gasteiger partial charge in [0.2, 0.25) is 0 Å². The van der Waals surface area contributed by atoms with Crippen molar-refractivity contribution in [2.24, 2.45) is 0 Å². The molecule has 2 unspecified atom stereocenters. The van der Waals surface area contributed by atoms with E-state index < -0.39 is 0 Å². The summed E-state index contributed by atoms with van der Waals surface area (Å²) in [5.41, 5.74) is 4.14. The number of fused-ring (bicyclic) bond motifs is 2. The highest BCUT2D eigenvalue weighted by Gasteiger charge is 2.23. The molecule has 6 nitrogen and oxygen atoms in total. The summed E-state index contributed by atoms with van der Waals surface area (Å²) in [6, 6.07) is 10.3. The van der Waals surface area contributed by atoms with Crippen molar-refractivity contribution < 1.29 is 5.11 Å². The number of aliphatic hydroxyl groups excluding tert-OH is 1. The molecule has 1 aliphatic carbocycles. The summed E-state index contributed by atoms with van der Waals surface area (Å²) in [6.07, 6.45) is 8.32. The van der Waals surface area contributed by atoms with Gasteiger partial charge in [-0.05, 0) is 42.7 Å². The Morgan fingerprint density at radius 2 is 2.15 bits per heavy atom. The van der Waals surface area contributed by atoms with E-state index in [-0.39, 0.29) is 12.1 Å². The number of aliphatic hydroxyl groups is 1. The van der Waals surface area contributed by atoms with Crippen LogP contribution in [0, 0.1) is 0 Å². The van der Waals surface area contributed by atoms with Crippen LogP contribution in [-0.4, -0.2) is 36.8 Å². The third-order valence-electron chi connectivity index (χ3n) is 5.22. The van der Waals surface area contributed by atoms with Gasteiger partial charge in [0.15, 0.2) is 10.8 Å². The van der Waals surface area contributed by atoms with Crippen LogP contribution in [-0.2, 0) is 6.42 Å². The molecule has 1 aliphatic rings. The number of imidazole rings is 1. The minimum absolute atomic E-state index is 0.114. The van der Waals surface area contributed by atoms with Crippen molar-refractivity contribution in [3.63, 3.8) is 0 Å². The first-order valence-corrected chi connectivity index (χ1v) is 10.2. The minimum atomic E-state index is -0.274. The predicted octanol–water partition coefficient (Wildman–Crippen LogP) is 3.65. The molecule has 2 atom stereocenters. The monoisotopic (exact) mass is 379 g/mol. The van der Waals surface area contributed by atoms with Gasteiger partial charge in [-0.1, -0.05) is 30.2 Å². The molecule has 1 aromatic carbocycles. The van der Waals surface area contributed by atoms with Gasteiger partial charge in [-0.3, -0.25) is 0 Å². The number of aromatic nitrogens is 4. The van der Waals surface area contributed by atoms with Crippen molar-refractivity contribution in [2.75, 3.05) is 5.32 Å². The molecule has 0 saturated heterocycles. The smallest absolute Gasteiger partial charge is 0.184 e. The number of hydrogen-bond acceptors (Lipinski definition) is 6. The topological polar surface area (TPSA) is 75.3 Å². The lowest BCUT2D eigenvalue weighted by Crippen LogP contribution is -2.36. The van der Waals surface area contributed by atoms with E-state index in [2.05, 4.69) is 33.6 Å². The standard InChI is InChI=1S/C20H21N5OS/c26-17-5-2-1-4-15(17)23-20-24-16-8-7-13(11-18(16)27-20)10-14-12-21-19-6-3-9-22-25(14)19/h3,6-9,11-12,15,17,26H,1-2,4-5,10H2,(H,23,24). The van der Waals surface area contributed by atoms with Crippen molar-refractivity contribution >= 4 is 32.3 Å². The third-order valence-corrected chi connectivity index (χ3v) is 6.17. The van der Waals surface area contributed by atoms with Gasteiger partial charge in [-0.2, -0.15) is 5.10 Å². The number of thiazole rings is 1. The van der Waals surface area contributed by atoms with Gasteiger partial charge in [0.1, 0.15) is 0 Å². The summed E-state index contributed by atoms with van der Waals surface area (Å²) >= 11 is 1.65. The molecule has 27 heavy (non-hydrogen) atoms. The van der Waals surface area contributed by atoms with Gasteiger partial charge < -0.3 is 10.4 Å². The molecule has 7 heteroatoms. The molecule has 4 aromatic rings. The number of anilines is 1. The number of rotatable bonds is 4. The molecule has 1 saturated carbocycles. The summed E-state index contributed by atoms with van der Waals surface area (Å²) < 4.78 is 3.04. The maximum absolute atomic E-state index is 10.2. The molecule has 0 bridgehead atoms.